The van der Waals surface area contributed by atoms with Crippen LogP contribution in [0.5, 0.6) is 0 Å². The molecule has 0 saturated carbocycles. The summed E-state index contributed by atoms with van der Waals surface area (Å²) < 4.78 is 7.05. The molecule has 4 heterocycles. The average Bonchev–Trinajstić information content (AvgIpc) is 3.67. The summed E-state index contributed by atoms with van der Waals surface area (Å²) in [7, 11) is 0. The molecule has 10 heteroatoms. The first-order valence-electron chi connectivity index (χ1n) is 14.3. The minimum Gasteiger partial charge on any atom is -0.444 e. The minimum atomic E-state index is -0.594. The van der Waals surface area contributed by atoms with E-state index < -0.39 is 11.6 Å². The second-order valence-corrected chi connectivity index (χ2v) is 12.9. The lowest BCUT2D eigenvalue weighted by molar-refractivity contribution is -0.124. The van der Waals surface area contributed by atoms with Crippen LogP contribution < -0.4 is 16.2 Å². The Hall–Kier alpha value is -4.44. The van der Waals surface area contributed by atoms with Gasteiger partial charge in [-0.25, -0.2) is 9.78 Å². The molecule has 3 aromatic rings. The highest BCUT2D eigenvalue weighted by molar-refractivity contribution is 7.12. The Bertz CT molecular complexity index is 1640. The summed E-state index contributed by atoms with van der Waals surface area (Å²) >= 11 is 1.58. The molecule has 1 atom stereocenters. The van der Waals surface area contributed by atoms with E-state index in [-0.39, 0.29) is 23.4 Å². The van der Waals surface area contributed by atoms with Gasteiger partial charge in [0.15, 0.2) is 5.82 Å². The van der Waals surface area contributed by atoms with E-state index in [0.29, 0.717) is 39.0 Å². The van der Waals surface area contributed by atoms with Crippen LogP contribution in [0.15, 0.2) is 72.7 Å². The van der Waals surface area contributed by atoms with Crippen molar-refractivity contribution in [3.05, 3.63) is 110 Å². The second kappa shape index (κ2) is 12.4. The third-order valence-electron chi connectivity index (χ3n) is 7.33. The molecule has 0 radical (unpaired) electrons. The van der Waals surface area contributed by atoms with Crippen molar-refractivity contribution in [3.8, 4) is 0 Å². The number of fused-ring (bicyclic) bond motifs is 2. The van der Waals surface area contributed by atoms with Crippen LogP contribution in [0.2, 0.25) is 0 Å². The van der Waals surface area contributed by atoms with Gasteiger partial charge in [0.25, 0.3) is 5.56 Å². The van der Waals surface area contributed by atoms with Gasteiger partial charge in [-0.2, -0.15) is 0 Å². The van der Waals surface area contributed by atoms with Crippen LogP contribution in [0.3, 0.4) is 0 Å². The van der Waals surface area contributed by atoms with Crippen molar-refractivity contribution in [2.75, 3.05) is 5.32 Å². The SMILES string of the molecule is C=C/C=C(\C=C)c1cccc(CNc2ncc3n(c2=O)C(C(=O)NCc2cc4c(s2)CN(C(=O)OC(C)(C)C)C4)CC3)c1. The highest BCUT2D eigenvalue weighted by Crippen LogP contribution is 2.32. The topological polar surface area (TPSA) is 106 Å². The lowest BCUT2D eigenvalue weighted by atomic mass is 10.0. The van der Waals surface area contributed by atoms with Gasteiger partial charge in [0.05, 0.1) is 19.6 Å². The molecule has 2 aliphatic rings. The molecule has 0 spiro atoms. The van der Waals surface area contributed by atoms with Crippen LogP contribution in [0.1, 0.15) is 65.4 Å². The number of thiophene rings is 1. The minimum absolute atomic E-state index is 0.194. The zero-order valence-corrected chi connectivity index (χ0v) is 25.6. The predicted octanol–water partition coefficient (Wildman–Crippen LogP) is 5.73. The maximum Gasteiger partial charge on any atom is 0.410 e. The van der Waals surface area contributed by atoms with Gasteiger partial charge >= 0.3 is 6.09 Å². The van der Waals surface area contributed by atoms with Crippen LogP contribution in [0.25, 0.3) is 5.57 Å². The Labute approximate surface area is 255 Å². The maximum absolute atomic E-state index is 13.4. The van der Waals surface area contributed by atoms with E-state index in [1.165, 1.54) is 0 Å². The number of aryl methyl sites for hydroxylation is 1. The molecular formula is C33H37N5O4S. The number of carbonyl (C=O) groups excluding carboxylic acids is 2. The van der Waals surface area contributed by atoms with Gasteiger partial charge in [0.2, 0.25) is 5.91 Å². The number of nitrogens with one attached hydrogen (secondary N) is 2. The van der Waals surface area contributed by atoms with Gasteiger partial charge in [0, 0.05) is 28.2 Å². The summed E-state index contributed by atoms with van der Waals surface area (Å²) in [6, 6.07) is 9.39. The van der Waals surface area contributed by atoms with Gasteiger partial charge in [-0.3, -0.25) is 19.1 Å². The molecule has 0 saturated heterocycles. The van der Waals surface area contributed by atoms with Gasteiger partial charge in [0.1, 0.15) is 11.6 Å². The van der Waals surface area contributed by atoms with Crippen molar-refractivity contribution < 1.29 is 14.3 Å². The molecule has 0 bridgehead atoms. The van der Waals surface area contributed by atoms with Crippen molar-refractivity contribution in [2.24, 2.45) is 0 Å². The Morgan fingerprint density at radius 1 is 1.19 bits per heavy atom. The summed E-state index contributed by atoms with van der Waals surface area (Å²) in [6.45, 7) is 14.9. The molecule has 1 unspecified atom stereocenters. The van der Waals surface area contributed by atoms with Crippen molar-refractivity contribution in [1.29, 1.82) is 0 Å². The van der Waals surface area contributed by atoms with Crippen LogP contribution in [0.4, 0.5) is 10.6 Å². The summed E-state index contributed by atoms with van der Waals surface area (Å²) in [4.78, 5) is 47.3. The molecule has 9 nitrogen and oxygen atoms in total. The van der Waals surface area contributed by atoms with E-state index in [9.17, 15) is 14.4 Å². The molecule has 2 amide bonds. The number of ether oxygens (including phenoxy) is 1. The van der Waals surface area contributed by atoms with Gasteiger partial charge in [-0.05, 0) is 68.0 Å². The highest BCUT2D eigenvalue weighted by Gasteiger charge is 2.32. The lowest BCUT2D eigenvalue weighted by Crippen LogP contribution is -2.36. The Morgan fingerprint density at radius 2 is 2.00 bits per heavy atom. The molecule has 2 N–H and O–H groups in total. The van der Waals surface area contributed by atoms with Crippen molar-refractivity contribution in [3.63, 3.8) is 0 Å². The number of benzene rings is 1. The largest absolute Gasteiger partial charge is 0.444 e. The van der Waals surface area contributed by atoms with Gasteiger partial charge < -0.3 is 15.4 Å². The van der Waals surface area contributed by atoms with Crippen LogP contribution in [-0.2, 0) is 42.1 Å². The fourth-order valence-electron chi connectivity index (χ4n) is 5.33. The molecule has 2 aliphatic heterocycles. The number of aromatic nitrogens is 2. The predicted molar refractivity (Wildman–Crippen MR) is 170 cm³/mol. The second-order valence-electron chi connectivity index (χ2n) is 11.7. The number of anilines is 1. The smallest absolute Gasteiger partial charge is 0.410 e. The standard InChI is InChI=1S/C33H37N5O4S/c1-6-9-22(7-2)23-11-8-10-21(14-23)16-34-29-31(40)38-25(17-35-29)12-13-27(38)30(39)36-18-26-15-24-19-37(20-28(24)43-26)32(41)42-33(3,4)5/h6-11,14-15,17,27H,1-2,12-13,16,18-20H2,3-5H3,(H,34,35)(H,36,39)/b22-9+. The zero-order chi connectivity index (χ0) is 30.7. The Morgan fingerprint density at radius 3 is 2.72 bits per heavy atom. The van der Waals surface area contributed by atoms with Crippen LogP contribution in [0, 0.1) is 0 Å². The molecule has 2 aromatic heterocycles. The number of nitrogens with zero attached hydrogens (tertiary/aromatic N) is 3. The third kappa shape index (κ3) is 6.80. The van der Waals surface area contributed by atoms with Crippen LogP contribution >= 0.6 is 11.3 Å². The molecule has 224 valence electrons. The van der Waals surface area contributed by atoms with E-state index in [1.54, 1.807) is 39.2 Å². The average molecular weight is 600 g/mol. The van der Waals surface area contributed by atoms with E-state index in [4.69, 9.17) is 4.74 Å². The number of carbonyl (C=O) groups is 2. The number of hydrogen-bond donors (Lipinski definition) is 2. The monoisotopic (exact) mass is 599 g/mol. The summed E-state index contributed by atoms with van der Waals surface area (Å²) in [5.41, 5.74) is 3.92. The normalized spacial score (nSPS) is 15.9. The first-order valence-corrected chi connectivity index (χ1v) is 15.1. The first kappa shape index (κ1) is 30.0. The first-order chi connectivity index (χ1) is 20.6. The quantitative estimate of drug-likeness (QED) is 0.305. The number of hydrogen-bond acceptors (Lipinski definition) is 7. The zero-order valence-electron chi connectivity index (χ0n) is 24.8. The fourth-order valence-corrected chi connectivity index (χ4v) is 6.47. The summed E-state index contributed by atoms with van der Waals surface area (Å²) in [5, 5.41) is 6.18. The van der Waals surface area contributed by atoms with Gasteiger partial charge in [-0.15, -0.1) is 11.3 Å². The fraction of sp³-hybridized carbons (Fsp3) is 0.333. The van der Waals surface area contributed by atoms with E-state index >= 15 is 0 Å². The highest BCUT2D eigenvalue weighted by atomic mass is 32.1. The van der Waals surface area contributed by atoms with Crippen molar-refractivity contribution in [2.45, 2.75) is 71.4 Å². The number of allylic oxidation sites excluding steroid dienone is 4. The van der Waals surface area contributed by atoms with Gasteiger partial charge in [-0.1, -0.05) is 49.6 Å². The van der Waals surface area contributed by atoms with Crippen molar-refractivity contribution in [1.82, 2.24) is 19.8 Å². The third-order valence-corrected chi connectivity index (χ3v) is 8.49. The van der Waals surface area contributed by atoms with E-state index in [2.05, 4.69) is 28.8 Å². The molecular weight excluding hydrogens is 562 g/mol. The Kier molecular flexibility index (Phi) is 8.68. The number of amides is 2. The lowest BCUT2D eigenvalue weighted by Gasteiger charge is -2.24. The molecule has 0 aliphatic carbocycles. The Balaban J connectivity index is 1.20. The summed E-state index contributed by atoms with van der Waals surface area (Å²) in [6.07, 6.45) is 7.89. The maximum atomic E-state index is 13.4. The van der Waals surface area contributed by atoms with E-state index in [0.717, 1.165) is 37.7 Å². The molecule has 43 heavy (non-hydrogen) atoms. The van der Waals surface area contributed by atoms with E-state index in [1.807, 2.05) is 57.2 Å². The summed E-state index contributed by atoms with van der Waals surface area (Å²) in [5.74, 6) is 0.0178. The number of rotatable bonds is 9. The van der Waals surface area contributed by atoms with Crippen LogP contribution in [-0.4, -0.2) is 32.1 Å². The van der Waals surface area contributed by atoms with Crippen molar-refractivity contribution >= 4 is 34.7 Å². The molecule has 5 rings (SSSR count). The molecule has 0 fully saturated rings. The molecule has 1 aromatic carbocycles.